The predicted octanol–water partition coefficient (Wildman–Crippen LogP) is 2.64. The van der Waals surface area contributed by atoms with Gasteiger partial charge in [0.2, 0.25) is 21.8 Å². The van der Waals surface area contributed by atoms with Gasteiger partial charge in [-0.25, -0.2) is 12.8 Å². The number of piperidine rings is 2. The summed E-state index contributed by atoms with van der Waals surface area (Å²) < 4.78 is 43.1. The smallest absolute Gasteiger partial charge is 0.255 e. The van der Waals surface area contributed by atoms with Crippen molar-refractivity contribution in [2.24, 2.45) is 0 Å². The molecule has 3 aliphatic rings. The summed E-state index contributed by atoms with van der Waals surface area (Å²) in [4.78, 5) is 41.4. The molecule has 2 saturated heterocycles. The van der Waals surface area contributed by atoms with Crippen LogP contribution in [0.15, 0.2) is 47.5 Å². The van der Waals surface area contributed by atoms with Crippen molar-refractivity contribution < 1.29 is 27.2 Å². The van der Waals surface area contributed by atoms with Gasteiger partial charge in [0.25, 0.3) is 5.91 Å². The lowest BCUT2D eigenvalue weighted by Gasteiger charge is -2.31. The number of sulfonamides is 1. The largest absolute Gasteiger partial charge is 0.361 e. The van der Waals surface area contributed by atoms with E-state index in [1.54, 1.807) is 30.5 Å². The van der Waals surface area contributed by atoms with Gasteiger partial charge in [0.1, 0.15) is 11.9 Å². The molecule has 0 bridgehead atoms. The van der Waals surface area contributed by atoms with Crippen molar-refractivity contribution in [2.75, 3.05) is 13.1 Å². The highest BCUT2D eigenvalue weighted by Gasteiger charge is 2.40. The van der Waals surface area contributed by atoms with Crippen molar-refractivity contribution in [3.8, 4) is 0 Å². The van der Waals surface area contributed by atoms with E-state index in [0.29, 0.717) is 24.0 Å². The second-order valence-electron chi connectivity index (χ2n) is 9.84. The molecule has 37 heavy (non-hydrogen) atoms. The number of benzene rings is 2. The third kappa shape index (κ3) is 4.02. The number of fused-ring (bicyclic) bond motifs is 2. The summed E-state index contributed by atoms with van der Waals surface area (Å²) >= 11 is 0. The predicted molar refractivity (Wildman–Crippen MR) is 131 cm³/mol. The average Bonchev–Trinajstić information content (AvgIpc) is 3.48. The van der Waals surface area contributed by atoms with Gasteiger partial charge >= 0.3 is 0 Å². The molecule has 0 saturated carbocycles. The Kier molecular flexibility index (Phi) is 5.64. The number of rotatable bonds is 4. The molecule has 1 unspecified atom stereocenters. The highest BCUT2D eigenvalue weighted by Crippen LogP contribution is 2.36. The van der Waals surface area contributed by atoms with E-state index in [4.69, 9.17) is 0 Å². The number of hydrogen-bond donors (Lipinski definition) is 2. The number of halogens is 1. The maximum atomic E-state index is 15.2. The van der Waals surface area contributed by atoms with Crippen molar-refractivity contribution >= 4 is 38.6 Å². The highest BCUT2D eigenvalue weighted by atomic mass is 32.2. The molecule has 3 aliphatic heterocycles. The molecule has 3 aromatic rings. The number of carbonyl (C=O) groups is 3. The fourth-order valence-electron chi connectivity index (χ4n) is 5.67. The van der Waals surface area contributed by atoms with Crippen LogP contribution in [0.25, 0.3) is 10.9 Å². The molecule has 11 heteroatoms. The van der Waals surface area contributed by atoms with Gasteiger partial charge in [-0.3, -0.25) is 19.7 Å². The quantitative estimate of drug-likeness (QED) is 0.509. The van der Waals surface area contributed by atoms with E-state index < -0.39 is 33.7 Å². The molecule has 9 nitrogen and oxygen atoms in total. The minimum atomic E-state index is -3.68. The van der Waals surface area contributed by atoms with Gasteiger partial charge in [-0.05, 0) is 66.6 Å². The van der Waals surface area contributed by atoms with E-state index >= 15 is 4.39 Å². The Hall–Kier alpha value is -3.57. The SMILES string of the molecule is O=C1CCC(N2Cc3cc(C4CCN(S(=O)(=O)c5ccc6[nH]ccc6c5)CC4)c(F)cc3C2=O)C(=O)N1. The van der Waals surface area contributed by atoms with Crippen LogP contribution in [0, 0.1) is 5.82 Å². The lowest BCUT2D eigenvalue weighted by molar-refractivity contribution is -0.136. The Morgan fingerprint density at radius 1 is 0.973 bits per heavy atom. The first-order chi connectivity index (χ1) is 17.7. The van der Waals surface area contributed by atoms with Crippen LogP contribution in [0.1, 0.15) is 53.1 Å². The van der Waals surface area contributed by atoms with Crippen LogP contribution in [-0.4, -0.2) is 59.5 Å². The van der Waals surface area contributed by atoms with Crippen molar-refractivity contribution in [3.05, 3.63) is 65.1 Å². The molecular formula is C26H25FN4O5S. The topological polar surface area (TPSA) is 120 Å². The number of aromatic amines is 1. The minimum Gasteiger partial charge on any atom is -0.361 e. The number of carbonyl (C=O) groups excluding carboxylic acids is 3. The molecule has 2 aromatic carbocycles. The Bertz CT molecular complexity index is 1560. The molecule has 0 radical (unpaired) electrons. The van der Waals surface area contributed by atoms with Crippen molar-refractivity contribution in [1.82, 2.24) is 19.5 Å². The number of imide groups is 1. The van der Waals surface area contributed by atoms with E-state index in [1.165, 1.54) is 15.3 Å². The van der Waals surface area contributed by atoms with Gasteiger partial charge in [-0.2, -0.15) is 4.31 Å². The Morgan fingerprint density at radius 3 is 2.51 bits per heavy atom. The molecule has 1 aromatic heterocycles. The van der Waals surface area contributed by atoms with E-state index in [2.05, 4.69) is 10.3 Å². The van der Waals surface area contributed by atoms with Gasteiger partial charge in [0.05, 0.1) is 4.90 Å². The van der Waals surface area contributed by atoms with Gasteiger partial charge < -0.3 is 9.88 Å². The monoisotopic (exact) mass is 524 g/mol. The van der Waals surface area contributed by atoms with E-state index in [1.807, 2.05) is 6.07 Å². The zero-order valence-electron chi connectivity index (χ0n) is 19.9. The molecule has 2 fully saturated rings. The zero-order chi connectivity index (χ0) is 25.9. The fourth-order valence-corrected chi connectivity index (χ4v) is 7.17. The second-order valence-corrected chi connectivity index (χ2v) is 11.8. The molecule has 1 atom stereocenters. The normalized spacial score (nSPS) is 21.5. The zero-order valence-corrected chi connectivity index (χ0v) is 20.7. The highest BCUT2D eigenvalue weighted by molar-refractivity contribution is 7.89. The third-order valence-corrected chi connectivity index (χ3v) is 9.59. The molecule has 6 rings (SSSR count). The minimum absolute atomic E-state index is 0.149. The number of amides is 3. The van der Waals surface area contributed by atoms with Crippen molar-refractivity contribution in [2.45, 2.75) is 49.1 Å². The molecule has 0 spiro atoms. The lowest BCUT2D eigenvalue weighted by Crippen LogP contribution is -2.52. The van der Waals surface area contributed by atoms with Crippen molar-refractivity contribution in [3.63, 3.8) is 0 Å². The molecule has 4 heterocycles. The molecule has 2 N–H and O–H groups in total. The van der Waals surface area contributed by atoms with Crippen LogP contribution >= 0.6 is 0 Å². The average molecular weight is 525 g/mol. The summed E-state index contributed by atoms with van der Waals surface area (Å²) in [5.41, 5.74) is 2.19. The summed E-state index contributed by atoms with van der Waals surface area (Å²) in [5, 5.41) is 3.08. The van der Waals surface area contributed by atoms with E-state index in [9.17, 15) is 22.8 Å². The van der Waals surface area contributed by atoms with Gasteiger partial charge in [-0.1, -0.05) is 6.07 Å². The lowest BCUT2D eigenvalue weighted by atomic mass is 9.88. The first kappa shape index (κ1) is 23.8. The summed E-state index contributed by atoms with van der Waals surface area (Å²) in [5.74, 6) is -1.99. The number of nitrogens with zero attached hydrogens (tertiary/aromatic N) is 2. The van der Waals surface area contributed by atoms with Gasteiger partial charge in [0, 0.05) is 48.7 Å². The summed E-state index contributed by atoms with van der Waals surface area (Å²) in [6, 6.07) is 8.96. The Labute approximate surface area is 212 Å². The van der Waals surface area contributed by atoms with Crippen LogP contribution < -0.4 is 5.32 Å². The first-order valence-electron chi connectivity index (χ1n) is 12.3. The maximum absolute atomic E-state index is 15.2. The molecular weight excluding hydrogens is 499 g/mol. The van der Waals surface area contributed by atoms with Gasteiger partial charge in [0.15, 0.2) is 0 Å². The molecule has 192 valence electrons. The molecule has 3 amide bonds. The maximum Gasteiger partial charge on any atom is 0.255 e. The Morgan fingerprint density at radius 2 is 1.76 bits per heavy atom. The van der Waals surface area contributed by atoms with E-state index in [0.717, 1.165) is 10.9 Å². The third-order valence-electron chi connectivity index (χ3n) is 7.70. The summed E-state index contributed by atoms with van der Waals surface area (Å²) in [6.07, 6.45) is 3.05. The summed E-state index contributed by atoms with van der Waals surface area (Å²) in [7, 11) is -3.68. The van der Waals surface area contributed by atoms with Crippen LogP contribution in [-0.2, 0) is 26.2 Å². The standard InChI is InChI=1S/C26H25FN4O5S/c27-21-13-20-17(14-31(26(20)34)23-3-4-24(32)29-25(23)33)12-19(21)15-6-9-30(10-7-15)37(35,36)18-1-2-22-16(11-18)5-8-28-22/h1-2,5,8,11-13,15,23,28H,3-4,6-7,9-10,14H2,(H,29,32,33). The number of hydrogen-bond acceptors (Lipinski definition) is 5. The Balaban J connectivity index is 1.18. The van der Waals surface area contributed by atoms with Crippen LogP contribution in [0.3, 0.4) is 0 Å². The number of nitrogens with one attached hydrogen (secondary N) is 2. The number of H-pyrrole nitrogens is 1. The van der Waals surface area contributed by atoms with Crippen LogP contribution in [0.4, 0.5) is 4.39 Å². The van der Waals surface area contributed by atoms with Crippen LogP contribution in [0.2, 0.25) is 0 Å². The van der Waals surface area contributed by atoms with Crippen LogP contribution in [0.5, 0.6) is 0 Å². The first-order valence-corrected chi connectivity index (χ1v) is 13.7. The number of aromatic nitrogens is 1. The van der Waals surface area contributed by atoms with E-state index in [-0.39, 0.29) is 54.8 Å². The molecule has 0 aliphatic carbocycles. The summed E-state index contributed by atoms with van der Waals surface area (Å²) in [6.45, 7) is 0.689. The fraction of sp³-hybridized carbons (Fsp3) is 0.346. The van der Waals surface area contributed by atoms with Crippen molar-refractivity contribution in [1.29, 1.82) is 0 Å². The van der Waals surface area contributed by atoms with Gasteiger partial charge in [-0.15, -0.1) is 0 Å². The second kappa shape index (κ2) is 8.77.